The van der Waals surface area contributed by atoms with Crippen LogP contribution in [0.25, 0.3) is 5.82 Å². The lowest BCUT2D eigenvalue weighted by molar-refractivity contribution is -0.605. The van der Waals surface area contributed by atoms with E-state index >= 15 is 0 Å². The fourth-order valence-electron chi connectivity index (χ4n) is 4.03. The summed E-state index contributed by atoms with van der Waals surface area (Å²) in [5, 5.41) is 28.5. The molecule has 1 saturated carbocycles. The van der Waals surface area contributed by atoms with Gasteiger partial charge in [-0.25, -0.2) is 9.67 Å². The van der Waals surface area contributed by atoms with E-state index in [2.05, 4.69) is 15.4 Å². The van der Waals surface area contributed by atoms with E-state index in [1.54, 1.807) is 4.68 Å². The maximum Gasteiger partial charge on any atom is 0.274 e. The van der Waals surface area contributed by atoms with Gasteiger partial charge in [-0.2, -0.15) is 9.83 Å². The molecule has 136 valence electrons. The molecule has 3 atom stereocenters. The molecule has 5 rings (SSSR count). The summed E-state index contributed by atoms with van der Waals surface area (Å²) in [4.78, 5) is 17.1. The first-order valence-electron chi connectivity index (χ1n) is 8.84. The molecule has 1 aliphatic heterocycles. The van der Waals surface area contributed by atoms with Crippen LogP contribution in [0.1, 0.15) is 46.9 Å². The van der Waals surface area contributed by atoms with Crippen LogP contribution < -0.4 is 10.0 Å². The second-order valence-electron chi connectivity index (χ2n) is 7.24. The van der Waals surface area contributed by atoms with Crippen LogP contribution in [0.4, 0.5) is 0 Å². The molecule has 26 heavy (non-hydrogen) atoms. The average molecular weight is 357 g/mol. The van der Waals surface area contributed by atoms with Crippen molar-refractivity contribution >= 4 is 5.91 Å². The predicted molar refractivity (Wildman–Crippen MR) is 87.3 cm³/mol. The number of aliphatic hydroxyl groups excluding tert-OH is 1. The summed E-state index contributed by atoms with van der Waals surface area (Å²) in [6, 6.07) is 0. The number of hydrogen-bond acceptors (Lipinski definition) is 6. The van der Waals surface area contributed by atoms with Crippen molar-refractivity contribution in [2.75, 3.05) is 13.2 Å². The zero-order valence-electron chi connectivity index (χ0n) is 14.1. The Kier molecular flexibility index (Phi) is 3.32. The summed E-state index contributed by atoms with van der Waals surface area (Å²) in [6.45, 7) is 0.233. The molecule has 2 aromatic rings. The summed E-state index contributed by atoms with van der Waals surface area (Å²) in [6.07, 6.45) is 7.54. The number of hydrogen-bond donors (Lipinski definition) is 2. The molecular weight excluding hydrogens is 338 g/mol. The standard InChI is InChI=1S/C17H19N5O4/c23-9-17(3-6-26-17)19-16(24)14-11-2-1-10-7-12(10)15(11)22(20-14)13-8-21(25)5-4-18-13/h4-5,8,10,12,23H,1-3,6-7,9H2,(H,19,24)/t10-,12+,17?/m1/s1. The first-order valence-corrected chi connectivity index (χ1v) is 8.84. The zero-order chi connectivity index (χ0) is 17.9. The first-order chi connectivity index (χ1) is 12.6. The number of carbonyl (C=O) groups excluding carboxylic acids is 1. The SMILES string of the molecule is O=C(NC1(CO)CCO1)c1nn(-c2c[n+]([O-])ccn2)c2c1CC[C@@H]1C[C@H]21. The molecule has 1 saturated heterocycles. The molecule has 9 nitrogen and oxygen atoms in total. The Labute approximate surface area is 149 Å². The monoisotopic (exact) mass is 357 g/mol. The molecule has 1 amide bonds. The van der Waals surface area contributed by atoms with Crippen molar-refractivity contribution in [3.8, 4) is 5.82 Å². The van der Waals surface area contributed by atoms with Crippen molar-refractivity contribution < 1.29 is 19.4 Å². The van der Waals surface area contributed by atoms with Crippen LogP contribution in [-0.2, 0) is 11.2 Å². The fraction of sp³-hybridized carbons (Fsp3) is 0.529. The summed E-state index contributed by atoms with van der Waals surface area (Å²) in [5.41, 5.74) is 1.22. The molecule has 2 N–H and O–H groups in total. The lowest BCUT2D eigenvalue weighted by Crippen LogP contribution is -2.60. The van der Waals surface area contributed by atoms with Gasteiger partial charge in [0, 0.05) is 17.9 Å². The van der Waals surface area contributed by atoms with Crippen molar-refractivity contribution in [1.29, 1.82) is 0 Å². The Morgan fingerprint density at radius 3 is 3.12 bits per heavy atom. The molecule has 2 fully saturated rings. The number of carbonyl (C=O) groups is 1. The number of ether oxygens (including phenoxy) is 1. The van der Waals surface area contributed by atoms with E-state index < -0.39 is 5.72 Å². The number of nitrogens with zero attached hydrogens (tertiary/aromatic N) is 4. The third-order valence-electron chi connectivity index (χ3n) is 5.64. The van der Waals surface area contributed by atoms with Crippen LogP contribution in [0.3, 0.4) is 0 Å². The number of rotatable bonds is 4. The molecule has 0 radical (unpaired) electrons. The van der Waals surface area contributed by atoms with Gasteiger partial charge in [0.1, 0.15) is 0 Å². The van der Waals surface area contributed by atoms with Crippen LogP contribution >= 0.6 is 0 Å². The number of nitrogens with one attached hydrogen (secondary N) is 1. The highest BCUT2D eigenvalue weighted by molar-refractivity contribution is 5.94. The molecule has 0 aromatic carbocycles. The highest BCUT2D eigenvalue weighted by Crippen LogP contribution is 2.55. The molecule has 1 unspecified atom stereocenters. The van der Waals surface area contributed by atoms with Crippen LogP contribution in [0, 0.1) is 11.1 Å². The normalized spacial score (nSPS) is 28.7. The van der Waals surface area contributed by atoms with Crippen LogP contribution in [0.15, 0.2) is 18.6 Å². The number of amides is 1. The maximum atomic E-state index is 12.9. The van der Waals surface area contributed by atoms with Crippen LogP contribution in [-0.4, -0.2) is 44.7 Å². The minimum absolute atomic E-state index is 0.275. The summed E-state index contributed by atoms with van der Waals surface area (Å²) >= 11 is 0. The predicted octanol–water partition coefficient (Wildman–Crippen LogP) is -0.211. The Balaban J connectivity index is 1.56. The van der Waals surface area contributed by atoms with Gasteiger partial charge in [-0.15, -0.1) is 0 Å². The molecule has 9 heteroatoms. The molecule has 2 aliphatic carbocycles. The topological polar surface area (TPSA) is 116 Å². The molecule has 3 heterocycles. The van der Waals surface area contributed by atoms with Gasteiger partial charge in [0.15, 0.2) is 17.6 Å². The number of aromatic nitrogens is 4. The highest BCUT2D eigenvalue weighted by Gasteiger charge is 2.48. The van der Waals surface area contributed by atoms with Crippen molar-refractivity contribution in [3.05, 3.63) is 40.7 Å². The second kappa shape index (κ2) is 5.49. The van der Waals surface area contributed by atoms with E-state index in [9.17, 15) is 15.1 Å². The molecular formula is C17H19N5O4. The van der Waals surface area contributed by atoms with Crippen LogP contribution in [0.5, 0.6) is 0 Å². The maximum absolute atomic E-state index is 12.9. The van der Waals surface area contributed by atoms with E-state index in [0.717, 1.165) is 30.5 Å². The molecule has 0 bridgehead atoms. The van der Waals surface area contributed by atoms with Gasteiger partial charge in [0.25, 0.3) is 5.91 Å². The minimum Gasteiger partial charge on any atom is -0.619 e. The smallest absolute Gasteiger partial charge is 0.274 e. The summed E-state index contributed by atoms with van der Waals surface area (Å²) in [7, 11) is 0. The molecule has 3 aliphatic rings. The lowest BCUT2D eigenvalue weighted by Gasteiger charge is -2.40. The van der Waals surface area contributed by atoms with Gasteiger partial charge in [0.05, 0.1) is 25.1 Å². The van der Waals surface area contributed by atoms with E-state index in [0.29, 0.717) is 41.1 Å². The van der Waals surface area contributed by atoms with Gasteiger partial charge >= 0.3 is 0 Å². The van der Waals surface area contributed by atoms with Gasteiger partial charge in [-0.1, -0.05) is 0 Å². The van der Waals surface area contributed by atoms with Gasteiger partial charge in [-0.3, -0.25) is 4.79 Å². The molecule has 2 aromatic heterocycles. The summed E-state index contributed by atoms with van der Waals surface area (Å²) in [5.74, 6) is 1.03. The van der Waals surface area contributed by atoms with Crippen molar-refractivity contribution in [1.82, 2.24) is 20.1 Å². The Morgan fingerprint density at radius 2 is 2.42 bits per heavy atom. The van der Waals surface area contributed by atoms with Gasteiger partial charge < -0.3 is 20.4 Å². The van der Waals surface area contributed by atoms with Crippen molar-refractivity contribution in [2.24, 2.45) is 5.92 Å². The average Bonchev–Trinajstić information content (AvgIpc) is 3.30. The Morgan fingerprint density at radius 1 is 1.58 bits per heavy atom. The zero-order valence-corrected chi connectivity index (χ0v) is 14.1. The largest absolute Gasteiger partial charge is 0.619 e. The van der Waals surface area contributed by atoms with E-state index in [1.165, 1.54) is 18.6 Å². The van der Waals surface area contributed by atoms with Crippen LogP contribution in [0.2, 0.25) is 0 Å². The molecule has 0 spiro atoms. The number of fused-ring (bicyclic) bond motifs is 3. The van der Waals surface area contributed by atoms with E-state index in [-0.39, 0.29) is 12.5 Å². The van der Waals surface area contributed by atoms with Crippen molar-refractivity contribution in [2.45, 2.75) is 37.3 Å². The number of aliphatic hydroxyl groups is 1. The third kappa shape index (κ3) is 2.31. The van der Waals surface area contributed by atoms with E-state index in [4.69, 9.17) is 4.74 Å². The fourth-order valence-corrected chi connectivity index (χ4v) is 4.03. The Bertz CT molecular complexity index is 886. The second-order valence-corrected chi connectivity index (χ2v) is 7.24. The third-order valence-corrected chi connectivity index (χ3v) is 5.64. The minimum atomic E-state index is -1.01. The highest BCUT2D eigenvalue weighted by atomic mass is 16.5. The van der Waals surface area contributed by atoms with E-state index in [1.807, 2.05) is 0 Å². The van der Waals surface area contributed by atoms with Gasteiger partial charge in [-0.05, 0) is 25.2 Å². The Hall–Kier alpha value is -2.52. The first kappa shape index (κ1) is 15.7. The lowest BCUT2D eigenvalue weighted by atomic mass is 9.95. The quantitative estimate of drug-likeness (QED) is 0.578. The summed E-state index contributed by atoms with van der Waals surface area (Å²) < 4.78 is 7.67. The van der Waals surface area contributed by atoms with Crippen molar-refractivity contribution in [3.63, 3.8) is 0 Å². The van der Waals surface area contributed by atoms with Gasteiger partial charge in [0.2, 0.25) is 12.0 Å².